The van der Waals surface area contributed by atoms with E-state index >= 15 is 0 Å². The minimum absolute atomic E-state index is 0.457. The van der Waals surface area contributed by atoms with Crippen LogP contribution in [0.3, 0.4) is 0 Å². The zero-order chi connectivity index (χ0) is 13.5. The van der Waals surface area contributed by atoms with Gasteiger partial charge in [0, 0.05) is 17.1 Å². The van der Waals surface area contributed by atoms with Crippen molar-refractivity contribution < 1.29 is 4.74 Å². The molecule has 1 heterocycles. The average molecular weight is 276 g/mol. The second-order valence-corrected chi connectivity index (χ2v) is 5.45. The number of hydrogen-bond acceptors (Lipinski definition) is 4. The van der Waals surface area contributed by atoms with Crippen LogP contribution in [-0.4, -0.2) is 24.7 Å². The Labute approximate surface area is 118 Å². The van der Waals surface area contributed by atoms with E-state index in [0.29, 0.717) is 6.04 Å². The lowest BCUT2D eigenvalue weighted by Crippen LogP contribution is -2.32. The van der Waals surface area contributed by atoms with Crippen LogP contribution in [-0.2, 0) is 12.8 Å². The Hall–Kier alpha value is -1.39. The van der Waals surface area contributed by atoms with Crippen molar-refractivity contribution in [3.8, 4) is 5.75 Å². The van der Waals surface area contributed by atoms with Gasteiger partial charge in [-0.05, 0) is 37.1 Å². The van der Waals surface area contributed by atoms with Crippen LogP contribution in [0.2, 0.25) is 0 Å². The summed E-state index contributed by atoms with van der Waals surface area (Å²) in [6.45, 7) is 3.13. The Morgan fingerprint density at radius 3 is 2.63 bits per heavy atom. The van der Waals surface area contributed by atoms with E-state index in [-0.39, 0.29) is 0 Å². The molecule has 102 valence electrons. The number of thiazole rings is 1. The average Bonchev–Trinajstić information content (AvgIpc) is 2.93. The first-order chi connectivity index (χ1) is 9.31. The molecule has 0 aliphatic rings. The smallest absolute Gasteiger partial charge is 0.118 e. The van der Waals surface area contributed by atoms with E-state index in [1.54, 1.807) is 18.4 Å². The van der Waals surface area contributed by atoms with Gasteiger partial charge in [0.15, 0.2) is 0 Å². The number of nitrogens with one attached hydrogen (secondary N) is 1. The maximum atomic E-state index is 5.18. The highest BCUT2D eigenvalue weighted by Gasteiger charge is 2.10. The fourth-order valence-corrected chi connectivity index (χ4v) is 2.81. The van der Waals surface area contributed by atoms with Gasteiger partial charge in [0.25, 0.3) is 0 Å². The first kappa shape index (κ1) is 14.0. The molecule has 3 nitrogen and oxygen atoms in total. The Morgan fingerprint density at radius 1 is 1.26 bits per heavy atom. The number of rotatable bonds is 7. The maximum Gasteiger partial charge on any atom is 0.118 e. The summed E-state index contributed by atoms with van der Waals surface area (Å²) in [6, 6.07) is 8.76. The van der Waals surface area contributed by atoms with Crippen LogP contribution in [0.15, 0.2) is 36.0 Å². The molecule has 19 heavy (non-hydrogen) atoms. The number of aromatic nitrogens is 1. The maximum absolute atomic E-state index is 5.18. The van der Waals surface area contributed by atoms with Gasteiger partial charge >= 0.3 is 0 Å². The fourth-order valence-electron chi connectivity index (χ4n) is 2.14. The monoisotopic (exact) mass is 276 g/mol. The predicted octanol–water partition coefficient (Wildman–Crippen LogP) is 2.92. The second-order valence-electron chi connectivity index (χ2n) is 4.48. The third-order valence-electron chi connectivity index (χ3n) is 3.07. The zero-order valence-corrected chi connectivity index (χ0v) is 12.2. The molecule has 1 aromatic heterocycles. The Balaban J connectivity index is 1.98. The summed E-state index contributed by atoms with van der Waals surface area (Å²) in [5.74, 6) is 0.909. The van der Waals surface area contributed by atoms with Crippen LogP contribution < -0.4 is 10.1 Å². The molecule has 1 aromatic carbocycles. The molecule has 0 aliphatic carbocycles. The molecule has 0 bridgehead atoms. The SMILES string of the molecule is CCNC(Cc1ccc(OC)cc1)Cc1cncs1. The van der Waals surface area contributed by atoms with E-state index in [1.165, 1.54) is 10.4 Å². The van der Waals surface area contributed by atoms with Gasteiger partial charge in [-0.2, -0.15) is 0 Å². The third kappa shape index (κ3) is 4.33. The molecular formula is C15H20N2OS. The number of benzene rings is 1. The standard InChI is InChI=1S/C15H20N2OS/c1-3-17-13(9-15-10-16-11-19-15)8-12-4-6-14(18-2)7-5-12/h4-7,10-11,13,17H,3,8-9H2,1-2H3. The quantitative estimate of drug-likeness (QED) is 0.844. The second kappa shape index (κ2) is 7.26. The van der Waals surface area contributed by atoms with E-state index in [4.69, 9.17) is 4.74 Å². The van der Waals surface area contributed by atoms with Gasteiger partial charge < -0.3 is 10.1 Å². The topological polar surface area (TPSA) is 34.1 Å². The van der Waals surface area contributed by atoms with Crippen molar-refractivity contribution in [1.82, 2.24) is 10.3 Å². The van der Waals surface area contributed by atoms with Gasteiger partial charge in [-0.1, -0.05) is 19.1 Å². The molecule has 2 rings (SSSR count). The van der Waals surface area contributed by atoms with Gasteiger partial charge in [0.05, 0.1) is 12.6 Å². The minimum atomic E-state index is 0.457. The molecule has 0 radical (unpaired) electrons. The third-order valence-corrected chi connectivity index (χ3v) is 3.87. The lowest BCUT2D eigenvalue weighted by molar-refractivity contribution is 0.414. The summed E-state index contributed by atoms with van der Waals surface area (Å²) in [5.41, 5.74) is 3.22. The Morgan fingerprint density at radius 2 is 2.05 bits per heavy atom. The van der Waals surface area contributed by atoms with Crippen LogP contribution in [0.4, 0.5) is 0 Å². The lowest BCUT2D eigenvalue weighted by Gasteiger charge is -2.17. The Bertz CT molecular complexity index is 467. The van der Waals surface area contributed by atoms with Crippen LogP contribution in [0.5, 0.6) is 5.75 Å². The van der Waals surface area contributed by atoms with Crippen molar-refractivity contribution in [1.29, 1.82) is 0 Å². The largest absolute Gasteiger partial charge is 0.497 e. The summed E-state index contributed by atoms with van der Waals surface area (Å²) < 4.78 is 5.18. The number of hydrogen-bond donors (Lipinski definition) is 1. The number of ether oxygens (including phenoxy) is 1. The van der Waals surface area contributed by atoms with E-state index < -0.39 is 0 Å². The Kier molecular flexibility index (Phi) is 5.36. The summed E-state index contributed by atoms with van der Waals surface area (Å²) in [6.07, 6.45) is 4.02. The molecule has 0 saturated heterocycles. The van der Waals surface area contributed by atoms with Crippen molar-refractivity contribution in [2.45, 2.75) is 25.8 Å². The lowest BCUT2D eigenvalue weighted by atomic mass is 10.0. The fraction of sp³-hybridized carbons (Fsp3) is 0.400. The zero-order valence-electron chi connectivity index (χ0n) is 11.4. The normalized spacial score (nSPS) is 12.3. The molecule has 1 N–H and O–H groups in total. The molecule has 4 heteroatoms. The minimum Gasteiger partial charge on any atom is -0.497 e. The first-order valence-electron chi connectivity index (χ1n) is 6.55. The number of nitrogens with zero attached hydrogens (tertiary/aromatic N) is 1. The molecule has 2 aromatic rings. The van der Waals surface area contributed by atoms with Gasteiger partial charge in [0.1, 0.15) is 5.75 Å². The van der Waals surface area contributed by atoms with E-state index in [0.717, 1.165) is 25.1 Å². The van der Waals surface area contributed by atoms with Crippen molar-refractivity contribution >= 4 is 11.3 Å². The van der Waals surface area contributed by atoms with Crippen molar-refractivity contribution in [3.63, 3.8) is 0 Å². The summed E-state index contributed by atoms with van der Waals surface area (Å²) in [5, 5.41) is 3.55. The van der Waals surface area contributed by atoms with Crippen LogP contribution in [0, 0.1) is 0 Å². The predicted molar refractivity (Wildman–Crippen MR) is 80.0 cm³/mol. The van der Waals surface area contributed by atoms with Gasteiger partial charge in [-0.15, -0.1) is 11.3 Å². The molecule has 1 unspecified atom stereocenters. The summed E-state index contributed by atoms with van der Waals surface area (Å²) >= 11 is 1.72. The van der Waals surface area contributed by atoms with Gasteiger partial charge in [-0.25, -0.2) is 0 Å². The van der Waals surface area contributed by atoms with Crippen LogP contribution in [0.1, 0.15) is 17.4 Å². The summed E-state index contributed by atoms with van der Waals surface area (Å²) in [4.78, 5) is 5.47. The van der Waals surface area contributed by atoms with Crippen molar-refractivity contribution in [3.05, 3.63) is 46.4 Å². The molecule has 0 amide bonds. The molecule has 0 fully saturated rings. The summed E-state index contributed by atoms with van der Waals surface area (Å²) in [7, 11) is 1.69. The van der Waals surface area contributed by atoms with Gasteiger partial charge in [0.2, 0.25) is 0 Å². The molecule has 0 saturated carbocycles. The highest BCUT2D eigenvalue weighted by Crippen LogP contribution is 2.15. The highest BCUT2D eigenvalue weighted by atomic mass is 32.1. The van der Waals surface area contributed by atoms with Crippen LogP contribution in [0.25, 0.3) is 0 Å². The van der Waals surface area contributed by atoms with E-state index in [2.05, 4.69) is 29.4 Å². The first-order valence-corrected chi connectivity index (χ1v) is 7.43. The van der Waals surface area contributed by atoms with Crippen molar-refractivity contribution in [2.24, 2.45) is 0 Å². The van der Waals surface area contributed by atoms with E-state index in [1.807, 2.05) is 23.8 Å². The highest BCUT2D eigenvalue weighted by molar-refractivity contribution is 7.09. The van der Waals surface area contributed by atoms with Crippen molar-refractivity contribution in [2.75, 3.05) is 13.7 Å². The number of likely N-dealkylation sites (N-methyl/N-ethyl adjacent to an activating group) is 1. The molecule has 0 aliphatic heterocycles. The molecular weight excluding hydrogens is 256 g/mol. The van der Waals surface area contributed by atoms with Crippen LogP contribution >= 0.6 is 11.3 Å². The molecule has 0 spiro atoms. The van der Waals surface area contributed by atoms with E-state index in [9.17, 15) is 0 Å². The number of methoxy groups -OCH3 is 1. The molecule has 1 atom stereocenters. The van der Waals surface area contributed by atoms with Gasteiger partial charge in [-0.3, -0.25) is 4.98 Å².